The lowest BCUT2D eigenvalue weighted by Gasteiger charge is -2.03. The van der Waals surface area contributed by atoms with Crippen LogP contribution in [0.5, 0.6) is 0 Å². The van der Waals surface area contributed by atoms with E-state index in [2.05, 4.69) is 31.1 Å². The van der Waals surface area contributed by atoms with Gasteiger partial charge in [-0.1, -0.05) is 33.6 Å². The molecule has 0 saturated carbocycles. The smallest absolute Gasteiger partial charge is 0.240 e. The van der Waals surface area contributed by atoms with E-state index in [0.29, 0.717) is 10.7 Å². The van der Waals surface area contributed by atoms with Crippen LogP contribution in [-0.4, -0.2) is 15.2 Å². The zero-order chi connectivity index (χ0) is 10.8. The summed E-state index contributed by atoms with van der Waals surface area (Å²) in [6.07, 6.45) is 1.52. The molecule has 0 aliphatic rings. The maximum Gasteiger partial charge on any atom is 0.240 e. The number of halogens is 2. The average Bonchev–Trinajstić information content (AvgIpc) is 2.17. The second-order valence-corrected chi connectivity index (χ2v) is 4.15. The molecule has 0 saturated heterocycles. The van der Waals surface area contributed by atoms with Gasteiger partial charge in [-0.25, -0.2) is 4.98 Å². The first-order valence-corrected chi connectivity index (χ1v) is 5.24. The Labute approximate surface area is 99.6 Å². The lowest BCUT2D eigenvalue weighted by atomic mass is 10.2. The van der Waals surface area contributed by atoms with Crippen LogP contribution in [0.3, 0.4) is 0 Å². The maximum absolute atomic E-state index is 6.06. The van der Waals surface area contributed by atoms with Gasteiger partial charge in [0.1, 0.15) is 0 Å². The van der Waals surface area contributed by atoms with Crippen LogP contribution in [0.15, 0.2) is 28.9 Å². The standard InChI is InChI=1S/C9H6BrClN4/c10-5-1-2-6(7(11)3-5)8-4-13-15-9(12)14-8/h1-4H,(H2,12,14,15). The molecule has 6 heteroatoms. The van der Waals surface area contributed by atoms with Crippen LogP contribution in [0.25, 0.3) is 11.3 Å². The van der Waals surface area contributed by atoms with Crippen molar-refractivity contribution >= 4 is 33.5 Å². The normalized spacial score (nSPS) is 10.3. The molecule has 1 heterocycles. The maximum atomic E-state index is 6.06. The molecular weight excluding hydrogens is 279 g/mol. The van der Waals surface area contributed by atoms with E-state index in [-0.39, 0.29) is 5.95 Å². The SMILES string of the molecule is Nc1nncc(-c2ccc(Br)cc2Cl)n1. The fourth-order valence-corrected chi connectivity index (χ4v) is 1.91. The van der Waals surface area contributed by atoms with Gasteiger partial charge in [-0.05, 0) is 12.1 Å². The molecular formula is C9H6BrClN4. The Hall–Kier alpha value is -1.20. The molecule has 2 rings (SSSR count). The van der Waals surface area contributed by atoms with Crippen molar-refractivity contribution < 1.29 is 0 Å². The highest BCUT2D eigenvalue weighted by Gasteiger charge is 2.06. The summed E-state index contributed by atoms with van der Waals surface area (Å²) in [5, 5.41) is 7.88. The van der Waals surface area contributed by atoms with E-state index in [1.165, 1.54) is 6.20 Å². The van der Waals surface area contributed by atoms with Gasteiger partial charge >= 0.3 is 0 Å². The fourth-order valence-electron chi connectivity index (χ4n) is 1.14. The predicted molar refractivity (Wildman–Crippen MR) is 62.4 cm³/mol. The third-order valence-corrected chi connectivity index (χ3v) is 2.59. The molecule has 4 nitrogen and oxygen atoms in total. The first kappa shape index (κ1) is 10.3. The highest BCUT2D eigenvalue weighted by molar-refractivity contribution is 9.10. The minimum atomic E-state index is 0.131. The number of aromatic nitrogens is 3. The van der Waals surface area contributed by atoms with Crippen molar-refractivity contribution in [3.8, 4) is 11.3 Å². The molecule has 15 heavy (non-hydrogen) atoms. The molecule has 0 aliphatic heterocycles. The third kappa shape index (κ3) is 2.24. The molecule has 2 aromatic rings. The Morgan fingerprint density at radius 1 is 1.33 bits per heavy atom. The summed E-state index contributed by atoms with van der Waals surface area (Å²) in [4.78, 5) is 4.04. The second kappa shape index (κ2) is 4.12. The van der Waals surface area contributed by atoms with Crippen molar-refractivity contribution in [2.75, 3.05) is 5.73 Å². The van der Waals surface area contributed by atoms with Gasteiger partial charge in [0.05, 0.1) is 16.9 Å². The molecule has 0 spiro atoms. The van der Waals surface area contributed by atoms with Gasteiger partial charge in [0.25, 0.3) is 0 Å². The van der Waals surface area contributed by atoms with Gasteiger partial charge in [-0.2, -0.15) is 5.10 Å². The minimum Gasteiger partial charge on any atom is -0.366 e. The van der Waals surface area contributed by atoms with E-state index in [1.54, 1.807) is 6.07 Å². The Balaban J connectivity index is 2.54. The van der Waals surface area contributed by atoms with Crippen LogP contribution in [0.1, 0.15) is 0 Å². The van der Waals surface area contributed by atoms with E-state index in [9.17, 15) is 0 Å². The lowest BCUT2D eigenvalue weighted by molar-refractivity contribution is 0.990. The number of nitrogen functional groups attached to an aromatic ring is 1. The van der Waals surface area contributed by atoms with Crippen LogP contribution in [0.2, 0.25) is 5.02 Å². The van der Waals surface area contributed by atoms with Gasteiger partial charge < -0.3 is 5.73 Å². The van der Waals surface area contributed by atoms with Crippen LogP contribution < -0.4 is 5.73 Å². The monoisotopic (exact) mass is 284 g/mol. The van der Waals surface area contributed by atoms with Crippen LogP contribution >= 0.6 is 27.5 Å². The fraction of sp³-hybridized carbons (Fsp3) is 0. The van der Waals surface area contributed by atoms with Gasteiger partial charge in [0, 0.05) is 10.0 Å². The summed E-state index contributed by atoms with van der Waals surface area (Å²) in [6, 6.07) is 5.50. The number of hydrogen-bond donors (Lipinski definition) is 1. The predicted octanol–water partition coefficient (Wildman–Crippen LogP) is 2.54. The molecule has 0 unspecified atom stereocenters. The quantitative estimate of drug-likeness (QED) is 0.874. The van der Waals surface area contributed by atoms with E-state index >= 15 is 0 Å². The van der Waals surface area contributed by atoms with Gasteiger partial charge in [0.2, 0.25) is 5.95 Å². The number of anilines is 1. The van der Waals surface area contributed by atoms with E-state index in [1.807, 2.05) is 12.1 Å². The number of hydrogen-bond acceptors (Lipinski definition) is 4. The van der Waals surface area contributed by atoms with Gasteiger partial charge in [-0.15, -0.1) is 5.10 Å². The Kier molecular flexibility index (Phi) is 2.83. The largest absolute Gasteiger partial charge is 0.366 e. The third-order valence-electron chi connectivity index (χ3n) is 1.78. The Bertz CT molecular complexity index is 503. The molecule has 0 radical (unpaired) electrons. The molecule has 0 amide bonds. The van der Waals surface area contributed by atoms with Crippen LogP contribution in [0, 0.1) is 0 Å². The van der Waals surface area contributed by atoms with Crippen molar-refractivity contribution in [2.24, 2.45) is 0 Å². The van der Waals surface area contributed by atoms with Crippen molar-refractivity contribution in [1.82, 2.24) is 15.2 Å². The highest BCUT2D eigenvalue weighted by atomic mass is 79.9. The summed E-state index contributed by atoms with van der Waals surface area (Å²) in [7, 11) is 0. The van der Waals surface area contributed by atoms with E-state index in [0.717, 1.165) is 10.0 Å². The number of benzene rings is 1. The van der Waals surface area contributed by atoms with Crippen molar-refractivity contribution in [3.05, 3.63) is 33.9 Å². The summed E-state index contributed by atoms with van der Waals surface area (Å²) in [5.41, 5.74) is 6.83. The molecule has 2 N–H and O–H groups in total. The minimum absolute atomic E-state index is 0.131. The molecule has 1 aromatic carbocycles. The van der Waals surface area contributed by atoms with Gasteiger partial charge in [-0.3, -0.25) is 0 Å². The van der Waals surface area contributed by atoms with Crippen molar-refractivity contribution in [3.63, 3.8) is 0 Å². The van der Waals surface area contributed by atoms with Crippen LogP contribution in [-0.2, 0) is 0 Å². The summed E-state index contributed by atoms with van der Waals surface area (Å²) in [5.74, 6) is 0.131. The number of rotatable bonds is 1. The van der Waals surface area contributed by atoms with Gasteiger partial charge in [0.15, 0.2) is 0 Å². The van der Waals surface area contributed by atoms with Crippen molar-refractivity contribution in [1.29, 1.82) is 0 Å². The molecule has 1 aromatic heterocycles. The highest BCUT2D eigenvalue weighted by Crippen LogP contribution is 2.28. The topological polar surface area (TPSA) is 64.7 Å². The van der Waals surface area contributed by atoms with Crippen molar-refractivity contribution in [2.45, 2.75) is 0 Å². The molecule has 0 fully saturated rings. The van der Waals surface area contributed by atoms with Crippen LogP contribution in [0.4, 0.5) is 5.95 Å². The second-order valence-electron chi connectivity index (χ2n) is 2.82. The zero-order valence-corrected chi connectivity index (χ0v) is 9.83. The molecule has 0 atom stereocenters. The summed E-state index contributed by atoms with van der Waals surface area (Å²) >= 11 is 9.38. The molecule has 0 bridgehead atoms. The first-order chi connectivity index (χ1) is 7.16. The number of nitrogens with zero attached hydrogens (tertiary/aromatic N) is 3. The van der Waals surface area contributed by atoms with E-state index < -0.39 is 0 Å². The summed E-state index contributed by atoms with van der Waals surface area (Å²) in [6.45, 7) is 0. The molecule has 76 valence electrons. The lowest BCUT2D eigenvalue weighted by Crippen LogP contribution is -1.98. The summed E-state index contributed by atoms with van der Waals surface area (Å²) < 4.78 is 0.909. The number of nitrogens with two attached hydrogens (primary N) is 1. The van der Waals surface area contributed by atoms with E-state index in [4.69, 9.17) is 17.3 Å². The molecule has 0 aliphatic carbocycles. The zero-order valence-electron chi connectivity index (χ0n) is 7.48. The average molecular weight is 286 g/mol. The first-order valence-electron chi connectivity index (χ1n) is 4.07. The Morgan fingerprint density at radius 2 is 2.13 bits per heavy atom. The Morgan fingerprint density at radius 3 is 2.80 bits per heavy atom.